The van der Waals surface area contributed by atoms with Crippen molar-refractivity contribution in [2.24, 2.45) is 11.0 Å². The van der Waals surface area contributed by atoms with Crippen molar-refractivity contribution in [3.8, 4) is 11.5 Å². The number of likely N-dealkylation sites (tertiary alicyclic amines) is 1. The molecule has 2 aliphatic heterocycles. The van der Waals surface area contributed by atoms with E-state index in [1.165, 1.54) is 0 Å². The number of amides is 1. The zero-order valence-electron chi connectivity index (χ0n) is 25.9. The smallest absolute Gasteiger partial charge is 0.240 e. The van der Waals surface area contributed by atoms with Crippen LogP contribution in [0, 0.1) is 12.8 Å². The predicted molar refractivity (Wildman–Crippen MR) is 173 cm³/mol. The fraction of sp³-hybridized carbons (Fsp3) is 0.394. The maximum Gasteiger partial charge on any atom is 0.240 e. The molecule has 0 bridgehead atoms. The summed E-state index contributed by atoms with van der Waals surface area (Å²) in [5.41, 5.74) is 8.87. The molecule has 12 heteroatoms. The molecule has 0 aliphatic carbocycles. The molecule has 12 nitrogen and oxygen atoms in total. The Bertz CT molecular complexity index is 1870. The number of anilines is 1. The average Bonchev–Trinajstić information content (AvgIpc) is 3.61. The number of piperidine rings is 1. The Labute approximate surface area is 261 Å². The molecule has 0 saturated carbocycles. The summed E-state index contributed by atoms with van der Waals surface area (Å²) in [6.07, 6.45) is 4.41. The van der Waals surface area contributed by atoms with E-state index in [2.05, 4.69) is 78.0 Å². The summed E-state index contributed by atoms with van der Waals surface area (Å²) < 4.78 is 9.49. The van der Waals surface area contributed by atoms with Crippen LogP contribution in [-0.2, 0) is 16.1 Å². The normalized spacial score (nSPS) is 18.0. The van der Waals surface area contributed by atoms with Crippen LogP contribution in [0.1, 0.15) is 43.1 Å². The maximum absolute atomic E-state index is 11.9. The Morgan fingerprint density at radius 3 is 2.67 bits per heavy atom. The van der Waals surface area contributed by atoms with Gasteiger partial charge in [-0.05, 0) is 37.5 Å². The number of imidazole rings is 1. The lowest BCUT2D eigenvalue weighted by Gasteiger charge is -2.32. The molecule has 2 aromatic carbocycles. The van der Waals surface area contributed by atoms with Crippen LogP contribution in [0.2, 0.25) is 0 Å². The van der Waals surface area contributed by atoms with Crippen molar-refractivity contribution >= 4 is 34.1 Å². The van der Waals surface area contributed by atoms with Crippen molar-refractivity contribution in [2.45, 2.75) is 45.7 Å². The van der Waals surface area contributed by atoms with E-state index >= 15 is 0 Å². The van der Waals surface area contributed by atoms with Crippen LogP contribution in [0.3, 0.4) is 0 Å². The average molecular weight is 607 g/mol. The van der Waals surface area contributed by atoms with Gasteiger partial charge in [0.05, 0.1) is 23.4 Å². The van der Waals surface area contributed by atoms with Crippen molar-refractivity contribution in [1.82, 2.24) is 39.5 Å². The number of methoxy groups -OCH3 is 1. The molecule has 1 fully saturated rings. The van der Waals surface area contributed by atoms with E-state index in [-0.39, 0.29) is 17.9 Å². The molecule has 2 aliphatic rings. The summed E-state index contributed by atoms with van der Waals surface area (Å²) >= 11 is 0. The van der Waals surface area contributed by atoms with Gasteiger partial charge < -0.3 is 19.5 Å². The number of nitrogens with one attached hydrogen (secondary N) is 2. The molecule has 45 heavy (non-hydrogen) atoms. The van der Waals surface area contributed by atoms with Crippen LogP contribution in [0.5, 0.6) is 0 Å². The third-order valence-electron chi connectivity index (χ3n) is 8.82. The Kier molecular flexibility index (Phi) is 7.99. The highest BCUT2D eigenvalue weighted by atomic mass is 16.5. The molecule has 1 unspecified atom stereocenters. The second kappa shape index (κ2) is 12.4. The molecule has 5 heterocycles. The van der Waals surface area contributed by atoms with Crippen molar-refractivity contribution in [2.75, 3.05) is 38.7 Å². The first-order valence-electron chi connectivity index (χ1n) is 15.6. The van der Waals surface area contributed by atoms with Crippen LogP contribution >= 0.6 is 0 Å². The SMILES string of the molecule is COCCN1CCC(Nc2nc(-c3nc4cc(C5=NNC(=O)CC5C)ccc4n3Cc3ccccc3)cn3c(C)nnc23)CC1. The van der Waals surface area contributed by atoms with E-state index in [1.807, 2.05) is 30.5 Å². The van der Waals surface area contributed by atoms with Gasteiger partial charge in [0, 0.05) is 63.4 Å². The lowest BCUT2D eigenvalue weighted by molar-refractivity contribution is -0.121. The van der Waals surface area contributed by atoms with E-state index in [0.29, 0.717) is 24.4 Å². The first kappa shape index (κ1) is 29.1. The lowest BCUT2D eigenvalue weighted by atomic mass is 9.94. The third kappa shape index (κ3) is 5.90. The van der Waals surface area contributed by atoms with Crippen LogP contribution in [0.4, 0.5) is 5.82 Å². The van der Waals surface area contributed by atoms with Gasteiger partial charge in [-0.3, -0.25) is 9.20 Å². The molecule has 5 aromatic rings. The summed E-state index contributed by atoms with van der Waals surface area (Å²) in [4.78, 5) is 24.7. The standard InChI is InChI=1S/C33H38N10O2/c1-21-17-29(44)38-39-30(21)24-9-10-28-26(18-24)36-32(43(28)19-23-7-5-4-6-8-23)27-20-42-22(2)37-40-33(42)31(35-27)34-25-11-13-41(14-12-25)15-16-45-3/h4-10,18,20-21,25H,11-17,19H2,1-3H3,(H,34,35)(H,38,44). The fourth-order valence-corrected chi connectivity index (χ4v) is 6.34. The number of carbonyl (C=O) groups is 1. The highest BCUT2D eigenvalue weighted by Gasteiger charge is 2.25. The van der Waals surface area contributed by atoms with Crippen LogP contribution < -0.4 is 10.7 Å². The number of carbonyl (C=O) groups excluding carboxylic acids is 1. The molecule has 7 rings (SSSR count). The number of hydrogen-bond acceptors (Lipinski definition) is 9. The summed E-state index contributed by atoms with van der Waals surface area (Å²) in [6.45, 7) is 8.31. The van der Waals surface area contributed by atoms with Gasteiger partial charge in [-0.2, -0.15) is 5.10 Å². The molecule has 0 spiro atoms. The molecule has 232 valence electrons. The third-order valence-corrected chi connectivity index (χ3v) is 8.82. The van der Waals surface area contributed by atoms with E-state index < -0.39 is 0 Å². The van der Waals surface area contributed by atoms with Crippen molar-refractivity contribution in [3.05, 3.63) is 71.7 Å². The lowest BCUT2D eigenvalue weighted by Crippen LogP contribution is -2.40. The minimum absolute atomic E-state index is 0.0170. The molecule has 1 amide bonds. The number of aryl methyl sites for hydroxylation is 1. The summed E-state index contributed by atoms with van der Waals surface area (Å²) in [6, 6.07) is 16.9. The maximum atomic E-state index is 11.9. The van der Waals surface area contributed by atoms with Gasteiger partial charge in [0.25, 0.3) is 0 Å². The Morgan fingerprint density at radius 1 is 1.07 bits per heavy atom. The number of ether oxygens (including phenoxy) is 1. The molecular formula is C33H38N10O2. The summed E-state index contributed by atoms with van der Waals surface area (Å²) in [5.74, 6) is 2.20. The topological polar surface area (TPSA) is 127 Å². The van der Waals surface area contributed by atoms with E-state index in [0.717, 1.165) is 84.3 Å². The monoisotopic (exact) mass is 606 g/mol. The molecule has 2 N–H and O–H groups in total. The van der Waals surface area contributed by atoms with Crippen molar-refractivity contribution < 1.29 is 9.53 Å². The Morgan fingerprint density at radius 2 is 1.89 bits per heavy atom. The first-order chi connectivity index (χ1) is 22.0. The number of hydrogen-bond donors (Lipinski definition) is 2. The first-order valence-corrected chi connectivity index (χ1v) is 15.6. The molecule has 1 saturated heterocycles. The molecule has 0 radical (unpaired) electrons. The second-order valence-electron chi connectivity index (χ2n) is 12.0. The number of aromatic nitrogens is 6. The van der Waals surface area contributed by atoms with Gasteiger partial charge in [-0.15, -0.1) is 10.2 Å². The van der Waals surface area contributed by atoms with Gasteiger partial charge in [-0.1, -0.05) is 43.3 Å². The summed E-state index contributed by atoms with van der Waals surface area (Å²) in [7, 11) is 1.75. The van der Waals surface area contributed by atoms with Gasteiger partial charge >= 0.3 is 0 Å². The highest BCUT2D eigenvalue weighted by molar-refractivity contribution is 6.07. The Hall–Kier alpha value is -4.68. The van der Waals surface area contributed by atoms with E-state index in [9.17, 15) is 4.79 Å². The van der Waals surface area contributed by atoms with E-state index in [1.54, 1.807) is 7.11 Å². The van der Waals surface area contributed by atoms with Crippen LogP contribution in [-0.4, -0.2) is 85.0 Å². The van der Waals surface area contributed by atoms with Gasteiger partial charge in [-0.25, -0.2) is 15.4 Å². The molecular weight excluding hydrogens is 568 g/mol. The quantitative estimate of drug-likeness (QED) is 0.259. The minimum atomic E-state index is -0.0615. The number of rotatable bonds is 9. The number of nitrogens with zero attached hydrogens (tertiary/aromatic N) is 8. The zero-order valence-corrected chi connectivity index (χ0v) is 25.9. The predicted octanol–water partition coefficient (Wildman–Crippen LogP) is 3.88. The second-order valence-corrected chi connectivity index (χ2v) is 12.0. The number of hydrazone groups is 1. The largest absolute Gasteiger partial charge is 0.383 e. The van der Waals surface area contributed by atoms with Gasteiger partial charge in [0.2, 0.25) is 11.6 Å². The highest BCUT2D eigenvalue weighted by Crippen LogP contribution is 2.30. The van der Waals surface area contributed by atoms with Crippen molar-refractivity contribution in [3.63, 3.8) is 0 Å². The van der Waals surface area contributed by atoms with Crippen LogP contribution in [0.15, 0.2) is 59.8 Å². The van der Waals surface area contributed by atoms with E-state index in [4.69, 9.17) is 14.7 Å². The number of benzene rings is 2. The zero-order chi connectivity index (χ0) is 30.9. The minimum Gasteiger partial charge on any atom is -0.383 e. The number of fused-ring (bicyclic) bond motifs is 2. The molecule has 3 aromatic heterocycles. The summed E-state index contributed by atoms with van der Waals surface area (Å²) in [5, 5.41) is 16.9. The van der Waals surface area contributed by atoms with Gasteiger partial charge in [0.15, 0.2) is 11.6 Å². The van der Waals surface area contributed by atoms with Crippen molar-refractivity contribution in [1.29, 1.82) is 0 Å². The van der Waals surface area contributed by atoms with Gasteiger partial charge in [0.1, 0.15) is 11.5 Å². The Balaban J connectivity index is 1.29. The van der Waals surface area contributed by atoms with Crippen LogP contribution in [0.25, 0.3) is 28.2 Å². The molecule has 1 atom stereocenters. The fourth-order valence-electron chi connectivity index (χ4n) is 6.34.